The third-order valence-electron chi connectivity index (χ3n) is 2.78. The predicted octanol–water partition coefficient (Wildman–Crippen LogP) is 1.31. The molecule has 4 nitrogen and oxygen atoms in total. The molecular weight excluding hydrogens is 233 g/mol. The standard InChI is InChI=1S/C13H16FN3O/c14-10-2-3-11-9(8-17-12(11)7-10)6-13(18)16-5-1-4-15/h2-3,7-8,17H,1,4-6,15H2,(H,16,18). The number of H-pyrrole nitrogens is 1. The van der Waals surface area contributed by atoms with Gasteiger partial charge in [0.05, 0.1) is 6.42 Å². The largest absolute Gasteiger partial charge is 0.361 e. The number of aromatic amines is 1. The Balaban J connectivity index is 2.05. The monoisotopic (exact) mass is 249 g/mol. The summed E-state index contributed by atoms with van der Waals surface area (Å²) in [4.78, 5) is 14.6. The maximum atomic E-state index is 13.0. The number of carbonyl (C=O) groups is 1. The molecule has 1 amide bonds. The average Bonchev–Trinajstić information content (AvgIpc) is 2.72. The summed E-state index contributed by atoms with van der Waals surface area (Å²) < 4.78 is 13.0. The van der Waals surface area contributed by atoms with Gasteiger partial charge in [0.2, 0.25) is 5.91 Å². The molecule has 0 aliphatic heterocycles. The first-order valence-corrected chi connectivity index (χ1v) is 5.93. The first-order chi connectivity index (χ1) is 8.70. The highest BCUT2D eigenvalue weighted by Crippen LogP contribution is 2.19. The van der Waals surface area contributed by atoms with E-state index in [1.54, 1.807) is 12.3 Å². The van der Waals surface area contributed by atoms with Gasteiger partial charge in [-0.2, -0.15) is 0 Å². The molecule has 5 heteroatoms. The van der Waals surface area contributed by atoms with Gasteiger partial charge in [-0.25, -0.2) is 4.39 Å². The summed E-state index contributed by atoms with van der Waals surface area (Å²) in [6.45, 7) is 1.15. The highest BCUT2D eigenvalue weighted by atomic mass is 19.1. The van der Waals surface area contributed by atoms with E-state index in [-0.39, 0.29) is 18.1 Å². The minimum atomic E-state index is -0.289. The van der Waals surface area contributed by atoms with Crippen LogP contribution in [0.15, 0.2) is 24.4 Å². The highest BCUT2D eigenvalue weighted by Gasteiger charge is 2.08. The molecule has 0 fully saturated rings. The third-order valence-corrected chi connectivity index (χ3v) is 2.78. The highest BCUT2D eigenvalue weighted by molar-refractivity contribution is 5.88. The first-order valence-electron chi connectivity index (χ1n) is 5.93. The average molecular weight is 249 g/mol. The summed E-state index contributed by atoms with van der Waals surface area (Å²) in [5.74, 6) is -0.336. The molecule has 0 saturated carbocycles. The molecule has 0 atom stereocenters. The van der Waals surface area contributed by atoms with Crippen molar-refractivity contribution in [2.45, 2.75) is 12.8 Å². The molecule has 0 bridgehead atoms. The van der Waals surface area contributed by atoms with E-state index in [1.165, 1.54) is 12.1 Å². The van der Waals surface area contributed by atoms with Crippen LogP contribution in [0.3, 0.4) is 0 Å². The Kier molecular flexibility index (Phi) is 3.94. The molecule has 0 saturated heterocycles. The van der Waals surface area contributed by atoms with Crippen molar-refractivity contribution in [3.63, 3.8) is 0 Å². The summed E-state index contributed by atoms with van der Waals surface area (Å²) in [7, 11) is 0. The molecule has 0 aliphatic carbocycles. The van der Waals surface area contributed by atoms with Gasteiger partial charge in [-0.3, -0.25) is 4.79 Å². The quantitative estimate of drug-likeness (QED) is 0.699. The van der Waals surface area contributed by atoms with E-state index in [2.05, 4.69) is 10.3 Å². The van der Waals surface area contributed by atoms with Crippen LogP contribution in [0, 0.1) is 5.82 Å². The number of halogens is 1. The number of carbonyl (C=O) groups excluding carboxylic acids is 1. The Bertz CT molecular complexity index is 550. The van der Waals surface area contributed by atoms with Gasteiger partial charge in [0, 0.05) is 23.6 Å². The Morgan fingerprint density at radius 3 is 3.06 bits per heavy atom. The van der Waals surface area contributed by atoms with Gasteiger partial charge in [-0.05, 0) is 36.7 Å². The lowest BCUT2D eigenvalue weighted by Crippen LogP contribution is -2.27. The van der Waals surface area contributed by atoms with Crippen molar-refractivity contribution in [3.05, 3.63) is 35.8 Å². The van der Waals surface area contributed by atoms with Crippen LogP contribution in [-0.4, -0.2) is 24.0 Å². The Hall–Kier alpha value is -1.88. The Labute approximate surface area is 104 Å². The second-order valence-corrected chi connectivity index (χ2v) is 4.17. The van der Waals surface area contributed by atoms with Crippen molar-refractivity contribution in [3.8, 4) is 0 Å². The number of nitrogens with two attached hydrogens (primary N) is 1. The number of hydrogen-bond donors (Lipinski definition) is 3. The fourth-order valence-corrected chi connectivity index (χ4v) is 1.87. The molecule has 1 aromatic heterocycles. The van der Waals surface area contributed by atoms with Crippen molar-refractivity contribution in [1.82, 2.24) is 10.3 Å². The number of rotatable bonds is 5. The lowest BCUT2D eigenvalue weighted by Gasteiger charge is -2.03. The van der Waals surface area contributed by atoms with E-state index >= 15 is 0 Å². The topological polar surface area (TPSA) is 70.9 Å². The van der Waals surface area contributed by atoms with Gasteiger partial charge in [-0.15, -0.1) is 0 Å². The number of amides is 1. The summed E-state index contributed by atoms with van der Waals surface area (Å²) in [5.41, 5.74) is 6.93. The van der Waals surface area contributed by atoms with Gasteiger partial charge in [0.1, 0.15) is 5.82 Å². The predicted molar refractivity (Wildman–Crippen MR) is 68.6 cm³/mol. The number of aromatic nitrogens is 1. The van der Waals surface area contributed by atoms with Crippen LogP contribution >= 0.6 is 0 Å². The molecule has 1 aromatic carbocycles. The fourth-order valence-electron chi connectivity index (χ4n) is 1.87. The van der Waals surface area contributed by atoms with Crippen LogP contribution in [0.1, 0.15) is 12.0 Å². The second-order valence-electron chi connectivity index (χ2n) is 4.17. The van der Waals surface area contributed by atoms with Crippen molar-refractivity contribution < 1.29 is 9.18 Å². The molecule has 0 unspecified atom stereocenters. The van der Waals surface area contributed by atoms with E-state index in [1.807, 2.05) is 0 Å². The van der Waals surface area contributed by atoms with Crippen molar-refractivity contribution in [2.75, 3.05) is 13.1 Å². The van der Waals surface area contributed by atoms with E-state index in [9.17, 15) is 9.18 Å². The molecular formula is C13H16FN3O. The van der Waals surface area contributed by atoms with Gasteiger partial charge in [-0.1, -0.05) is 0 Å². The van der Waals surface area contributed by atoms with E-state index < -0.39 is 0 Å². The Morgan fingerprint density at radius 1 is 1.44 bits per heavy atom. The van der Waals surface area contributed by atoms with Crippen molar-refractivity contribution in [2.24, 2.45) is 5.73 Å². The minimum Gasteiger partial charge on any atom is -0.361 e. The lowest BCUT2D eigenvalue weighted by atomic mass is 10.1. The van der Waals surface area contributed by atoms with E-state index in [0.717, 1.165) is 17.4 Å². The van der Waals surface area contributed by atoms with Crippen LogP contribution in [0.4, 0.5) is 4.39 Å². The van der Waals surface area contributed by atoms with E-state index in [4.69, 9.17) is 5.73 Å². The number of nitrogens with one attached hydrogen (secondary N) is 2. The fraction of sp³-hybridized carbons (Fsp3) is 0.308. The van der Waals surface area contributed by atoms with Crippen molar-refractivity contribution in [1.29, 1.82) is 0 Å². The summed E-state index contributed by atoms with van der Waals surface area (Å²) >= 11 is 0. The molecule has 96 valence electrons. The number of benzene rings is 1. The molecule has 1 heterocycles. The van der Waals surface area contributed by atoms with Gasteiger partial charge in [0.25, 0.3) is 0 Å². The smallest absolute Gasteiger partial charge is 0.224 e. The molecule has 0 radical (unpaired) electrons. The van der Waals surface area contributed by atoms with Crippen LogP contribution in [-0.2, 0) is 11.2 Å². The molecule has 2 aromatic rings. The summed E-state index contributed by atoms with van der Waals surface area (Å²) in [5, 5.41) is 3.67. The van der Waals surface area contributed by atoms with Gasteiger partial charge < -0.3 is 16.0 Å². The molecule has 18 heavy (non-hydrogen) atoms. The summed E-state index contributed by atoms with van der Waals surface area (Å²) in [6.07, 6.45) is 2.80. The van der Waals surface area contributed by atoms with Gasteiger partial charge in [0.15, 0.2) is 0 Å². The van der Waals surface area contributed by atoms with Crippen molar-refractivity contribution >= 4 is 16.8 Å². The lowest BCUT2D eigenvalue weighted by molar-refractivity contribution is -0.120. The van der Waals surface area contributed by atoms with E-state index in [0.29, 0.717) is 18.6 Å². The molecule has 2 rings (SSSR count). The van der Waals surface area contributed by atoms with Crippen LogP contribution < -0.4 is 11.1 Å². The summed E-state index contributed by atoms with van der Waals surface area (Å²) in [6, 6.07) is 4.50. The third kappa shape index (κ3) is 2.87. The molecule has 4 N–H and O–H groups in total. The van der Waals surface area contributed by atoms with Crippen LogP contribution in [0.2, 0.25) is 0 Å². The second kappa shape index (κ2) is 5.64. The number of hydrogen-bond acceptors (Lipinski definition) is 2. The van der Waals surface area contributed by atoms with Crippen LogP contribution in [0.25, 0.3) is 10.9 Å². The SMILES string of the molecule is NCCCNC(=O)Cc1c[nH]c2cc(F)ccc12. The first kappa shape index (κ1) is 12.6. The molecule has 0 spiro atoms. The Morgan fingerprint density at radius 2 is 2.28 bits per heavy atom. The van der Waals surface area contributed by atoms with Gasteiger partial charge >= 0.3 is 0 Å². The maximum Gasteiger partial charge on any atom is 0.224 e. The zero-order valence-corrected chi connectivity index (χ0v) is 10.0. The number of fused-ring (bicyclic) bond motifs is 1. The minimum absolute atomic E-state index is 0.0475. The van der Waals surface area contributed by atoms with Crippen LogP contribution in [0.5, 0.6) is 0 Å². The normalized spacial score (nSPS) is 10.8. The zero-order chi connectivity index (χ0) is 13.0. The maximum absolute atomic E-state index is 13.0. The zero-order valence-electron chi connectivity index (χ0n) is 10.0. The molecule has 0 aliphatic rings.